The molecule has 17 heavy (non-hydrogen) atoms. The van der Waals surface area contributed by atoms with E-state index in [9.17, 15) is 0 Å². The van der Waals surface area contributed by atoms with Crippen LogP contribution in [-0.2, 0) is 4.74 Å². The lowest BCUT2D eigenvalue weighted by molar-refractivity contribution is 0.0936. The van der Waals surface area contributed by atoms with Crippen LogP contribution in [0.5, 0.6) is 0 Å². The first-order valence-electron chi connectivity index (χ1n) is 7.01. The molecule has 2 aliphatic rings. The Morgan fingerprint density at radius 3 is 2.35 bits per heavy atom. The van der Waals surface area contributed by atoms with Gasteiger partial charge in [-0.25, -0.2) is 0 Å². The molecule has 0 aromatic carbocycles. The molecule has 0 aromatic heterocycles. The van der Waals surface area contributed by atoms with Crippen molar-refractivity contribution in [1.29, 1.82) is 0 Å². The predicted octanol–water partition coefficient (Wildman–Crippen LogP) is 2.06. The molecule has 0 amide bonds. The Bertz CT molecular complexity index is 241. The molecule has 3 nitrogen and oxygen atoms in total. The van der Waals surface area contributed by atoms with Gasteiger partial charge in [-0.15, -0.1) is 0 Å². The van der Waals surface area contributed by atoms with Crippen LogP contribution in [0.2, 0.25) is 0 Å². The molecular formula is C14H28N2O. The summed E-state index contributed by atoms with van der Waals surface area (Å²) in [6.07, 6.45) is 5.31. The van der Waals surface area contributed by atoms with Crippen molar-refractivity contribution in [2.75, 3.05) is 13.2 Å². The molecule has 2 saturated heterocycles. The second-order valence-electron chi connectivity index (χ2n) is 7.04. The zero-order valence-corrected chi connectivity index (χ0v) is 11.8. The van der Waals surface area contributed by atoms with E-state index in [4.69, 9.17) is 4.74 Å². The van der Waals surface area contributed by atoms with Crippen molar-refractivity contribution in [3.63, 3.8) is 0 Å². The van der Waals surface area contributed by atoms with Crippen LogP contribution in [-0.4, -0.2) is 36.4 Å². The highest BCUT2D eigenvalue weighted by atomic mass is 16.5. The van der Waals surface area contributed by atoms with E-state index in [1.54, 1.807) is 0 Å². The number of hydrogen-bond acceptors (Lipinski definition) is 3. The second kappa shape index (κ2) is 4.87. The molecule has 2 aliphatic heterocycles. The summed E-state index contributed by atoms with van der Waals surface area (Å²) in [6, 6.07) is 0.616. The molecule has 1 atom stereocenters. The van der Waals surface area contributed by atoms with Gasteiger partial charge in [0.05, 0.1) is 6.10 Å². The Hall–Kier alpha value is -0.120. The van der Waals surface area contributed by atoms with Gasteiger partial charge >= 0.3 is 0 Å². The smallest absolute Gasteiger partial charge is 0.0700 e. The monoisotopic (exact) mass is 240 g/mol. The van der Waals surface area contributed by atoms with E-state index >= 15 is 0 Å². The first kappa shape index (κ1) is 13.3. The van der Waals surface area contributed by atoms with Gasteiger partial charge in [0, 0.05) is 30.3 Å². The van der Waals surface area contributed by atoms with Gasteiger partial charge < -0.3 is 15.4 Å². The van der Waals surface area contributed by atoms with Gasteiger partial charge in [0.15, 0.2) is 0 Å². The second-order valence-corrected chi connectivity index (χ2v) is 7.04. The molecule has 2 heterocycles. The molecule has 2 rings (SSSR count). The van der Waals surface area contributed by atoms with Crippen molar-refractivity contribution < 1.29 is 4.74 Å². The lowest BCUT2D eigenvalue weighted by atomic mass is 9.79. The Morgan fingerprint density at radius 1 is 1.18 bits per heavy atom. The first-order valence-corrected chi connectivity index (χ1v) is 7.01. The van der Waals surface area contributed by atoms with Gasteiger partial charge in [-0.1, -0.05) is 0 Å². The lowest BCUT2D eigenvalue weighted by Gasteiger charge is -2.47. The van der Waals surface area contributed by atoms with Crippen LogP contribution >= 0.6 is 0 Å². The number of ether oxygens (including phenoxy) is 1. The summed E-state index contributed by atoms with van der Waals surface area (Å²) in [5.41, 5.74) is 0.464. The van der Waals surface area contributed by atoms with Crippen LogP contribution in [0.15, 0.2) is 0 Å². The molecule has 0 saturated carbocycles. The number of rotatable bonds is 3. The fraction of sp³-hybridized carbons (Fsp3) is 1.00. The minimum atomic E-state index is 0.232. The minimum Gasteiger partial charge on any atom is -0.377 e. The largest absolute Gasteiger partial charge is 0.377 e. The molecule has 2 fully saturated rings. The van der Waals surface area contributed by atoms with Crippen LogP contribution < -0.4 is 10.6 Å². The van der Waals surface area contributed by atoms with Crippen LogP contribution in [0.4, 0.5) is 0 Å². The number of nitrogens with one attached hydrogen (secondary N) is 2. The minimum absolute atomic E-state index is 0.232. The van der Waals surface area contributed by atoms with Crippen LogP contribution in [0.25, 0.3) is 0 Å². The van der Waals surface area contributed by atoms with Gasteiger partial charge in [-0.05, 0) is 53.4 Å². The van der Waals surface area contributed by atoms with Crippen molar-refractivity contribution in [2.45, 2.75) is 76.6 Å². The molecule has 100 valence electrons. The summed E-state index contributed by atoms with van der Waals surface area (Å²) in [6.45, 7) is 11.2. The Labute approximate surface area is 106 Å². The summed E-state index contributed by atoms with van der Waals surface area (Å²) < 4.78 is 5.67. The summed E-state index contributed by atoms with van der Waals surface area (Å²) in [7, 11) is 0. The molecule has 0 radical (unpaired) electrons. The Balaban J connectivity index is 1.83. The highest BCUT2D eigenvalue weighted by molar-refractivity contribution is 4.99. The van der Waals surface area contributed by atoms with E-state index in [-0.39, 0.29) is 11.1 Å². The fourth-order valence-corrected chi connectivity index (χ4v) is 3.57. The van der Waals surface area contributed by atoms with Gasteiger partial charge in [0.25, 0.3) is 0 Å². The topological polar surface area (TPSA) is 33.3 Å². The molecule has 1 unspecified atom stereocenters. The van der Waals surface area contributed by atoms with E-state index in [1.165, 1.54) is 25.7 Å². The third-order valence-corrected chi connectivity index (χ3v) is 3.85. The normalized spacial score (nSPS) is 32.8. The van der Waals surface area contributed by atoms with Gasteiger partial charge in [-0.3, -0.25) is 0 Å². The first-order chi connectivity index (χ1) is 7.86. The van der Waals surface area contributed by atoms with E-state index in [1.807, 2.05) is 0 Å². The quantitative estimate of drug-likeness (QED) is 0.792. The van der Waals surface area contributed by atoms with Crippen LogP contribution in [0.3, 0.4) is 0 Å². The van der Waals surface area contributed by atoms with E-state index in [2.05, 4.69) is 38.3 Å². The average molecular weight is 240 g/mol. The van der Waals surface area contributed by atoms with E-state index in [0.29, 0.717) is 12.1 Å². The molecule has 2 N–H and O–H groups in total. The maximum Gasteiger partial charge on any atom is 0.0700 e. The van der Waals surface area contributed by atoms with Gasteiger partial charge in [-0.2, -0.15) is 0 Å². The summed E-state index contributed by atoms with van der Waals surface area (Å²) >= 11 is 0. The zero-order chi connectivity index (χ0) is 12.5. The highest BCUT2D eigenvalue weighted by Gasteiger charge is 2.37. The lowest BCUT2D eigenvalue weighted by Crippen LogP contribution is -2.62. The molecule has 0 spiro atoms. The van der Waals surface area contributed by atoms with Gasteiger partial charge in [0.2, 0.25) is 0 Å². The summed E-state index contributed by atoms with van der Waals surface area (Å²) in [5, 5.41) is 7.43. The van der Waals surface area contributed by atoms with E-state index < -0.39 is 0 Å². The predicted molar refractivity (Wildman–Crippen MR) is 71.3 cm³/mol. The maximum atomic E-state index is 5.67. The fourth-order valence-electron chi connectivity index (χ4n) is 3.57. The SMILES string of the molecule is CC1(C)CC(NCC2CCCO2)CC(C)(C)N1. The Kier molecular flexibility index (Phi) is 3.81. The third kappa shape index (κ3) is 3.94. The van der Waals surface area contributed by atoms with Crippen LogP contribution in [0.1, 0.15) is 53.4 Å². The van der Waals surface area contributed by atoms with Crippen molar-refractivity contribution in [2.24, 2.45) is 0 Å². The van der Waals surface area contributed by atoms with Crippen molar-refractivity contribution in [3.05, 3.63) is 0 Å². The molecule has 3 heteroatoms. The maximum absolute atomic E-state index is 5.67. The number of piperidine rings is 1. The summed E-state index contributed by atoms with van der Waals surface area (Å²) in [4.78, 5) is 0. The van der Waals surface area contributed by atoms with Crippen molar-refractivity contribution >= 4 is 0 Å². The third-order valence-electron chi connectivity index (χ3n) is 3.85. The number of hydrogen-bond donors (Lipinski definition) is 2. The molecule has 0 aromatic rings. The molecular weight excluding hydrogens is 212 g/mol. The van der Waals surface area contributed by atoms with Gasteiger partial charge in [0.1, 0.15) is 0 Å². The Morgan fingerprint density at radius 2 is 1.82 bits per heavy atom. The molecule has 0 bridgehead atoms. The standard InChI is InChI=1S/C14H28N2O/c1-13(2)8-11(9-14(3,4)16-13)15-10-12-6-5-7-17-12/h11-12,15-16H,5-10H2,1-4H3. The summed E-state index contributed by atoms with van der Waals surface area (Å²) in [5.74, 6) is 0. The van der Waals surface area contributed by atoms with Crippen LogP contribution in [0, 0.1) is 0 Å². The highest BCUT2D eigenvalue weighted by Crippen LogP contribution is 2.28. The molecule has 0 aliphatic carbocycles. The van der Waals surface area contributed by atoms with Crippen molar-refractivity contribution in [3.8, 4) is 0 Å². The van der Waals surface area contributed by atoms with Crippen molar-refractivity contribution in [1.82, 2.24) is 10.6 Å². The zero-order valence-electron chi connectivity index (χ0n) is 11.8. The van der Waals surface area contributed by atoms with E-state index in [0.717, 1.165) is 13.2 Å². The average Bonchev–Trinajstić information content (AvgIpc) is 2.61.